The van der Waals surface area contributed by atoms with Crippen molar-refractivity contribution in [1.29, 1.82) is 5.26 Å². The molecule has 2 amide bonds. The third-order valence-electron chi connectivity index (χ3n) is 5.05. The fourth-order valence-corrected chi connectivity index (χ4v) is 4.57. The number of ether oxygens (including phenoxy) is 1. The second-order valence-corrected chi connectivity index (χ2v) is 8.66. The molecule has 35 heavy (non-hydrogen) atoms. The first-order valence-electron chi connectivity index (χ1n) is 9.94. The van der Waals surface area contributed by atoms with Crippen molar-refractivity contribution < 1.29 is 32.3 Å². The van der Waals surface area contributed by atoms with E-state index in [0.717, 1.165) is 24.9 Å². The van der Waals surface area contributed by atoms with Crippen LogP contribution in [0.1, 0.15) is 17.0 Å². The Bertz CT molecular complexity index is 1230. The molecule has 1 aliphatic heterocycles. The van der Waals surface area contributed by atoms with Crippen molar-refractivity contribution in [1.82, 2.24) is 5.32 Å². The Kier molecular flexibility index (Phi) is 8.09. The highest BCUT2D eigenvalue weighted by Crippen LogP contribution is 2.40. The van der Waals surface area contributed by atoms with E-state index in [-0.39, 0.29) is 22.0 Å². The number of carbonyl (C=O) groups excluding carboxylic acids is 3. The average Bonchev–Trinajstić information content (AvgIpc) is 2.82. The Hall–Kier alpha value is -3.49. The van der Waals surface area contributed by atoms with Crippen molar-refractivity contribution in [3.8, 4) is 6.07 Å². The van der Waals surface area contributed by atoms with Gasteiger partial charge in [0.1, 0.15) is 5.92 Å². The van der Waals surface area contributed by atoms with E-state index in [1.165, 1.54) is 6.07 Å². The van der Waals surface area contributed by atoms with E-state index < -0.39 is 46.4 Å². The summed E-state index contributed by atoms with van der Waals surface area (Å²) in [5, 5.41) is 14.2. The lowest BCUT2D eigenvalue weighted by Gasteiger charge is -2.30. The number of carbonyl (C=O) groups is 3. The van der Waals surface area contributed by atoms with Crippen LogP contribution in [-0.4, -0.2) is 30.6 Å². The van der Waals surface area contributed by atoms with Gasteiger partial charge < -0.3 is 15.4 Å². The molecule has 0 saturated carbocycles. The molecular formula is C23H17ClF3N3O4S. The largest absolute Gasteiger partial charge is 0.468 e. The van der Waals surface area contributed by atoms with Gasteiger partial charge in [0.25, 0.3) is 0 Å². The van der Waals surface area contributed by atoms with Gasteiger partial charge >= 0.3 is 12.1 Å². The third kappa shape index (κ3) is 5.96. The maximum atomic E-state index is 13.1. The van der Waals surface area contributed by atoms with Crippen LogP contribution >= 0.6 is 23.4 Å². The molecule has 0 aromatic heterocycles. The summed E-state index contributed by atoms with van der Waals surface area (Å²) >= 11 is 6.39. The number of anilines is 1. The van der Waals surface area contributed by atoms with E-state index in [1.54, 1.807) is 30.3 Å². The minimum absolute atomic E-state index is 0.0508. The van der Waals surface area contributed by atoms with Crippen molar-refractivity contribution in [2.45, 2.75) is 12.1 Å². The summed E-state index contributed by atoms with van der Waals surface area (Å²) in [5.74, 6) is -4.82. The molecule has 2 aromatic rings. The fraction of sp³-hybridized carbons (Fsp3) is 0.217. The van der Waals surface area contributed by atoms with Crippen molar-refractivity contribution in [3.05, 3.63) is 75.3 Å². The fourth-order valence-electron chi connectivity index (χ4n) is 3.50. The molecule has 0 aliphatic carbocycles. The zero-order chi connectivity index (χ0) is 25.8. The van der Waals surface area contributed by atoms with Crippen LogP contribution in [-0.2, 0) is 25.3 Å². The van der Waals surface area contributed by atoms with Gasteiger partial charge in [-0.25, -0.2) is 0 Å². The molecule has 1 aliphatic rings. The van der Waals surface area contributed by atoms with Crippen LogP contribution in [0.15, 0.2) is 59.1 Å². The van der Waals surface area contributed by atoms with E-state index in [2.05, 4.69) is 10.6 Å². The summed E-state index contributed by atoms with van der Waals surface area (Å²) < 4.78 is 43.9. The molecule has 7 nitrogen and oxygen atoms in total. The minimum Gasteiger partial charge on any atom is -0.468 e. The number of allylic oxidation sites excluding steroid dienone is 1. The lowest BCUT2D eigenvalue weighted by atomic mass is 9.78. The molecule has 0 unspecified atom stereocenters. The highest BCUT2D eigenvalue weighted by atomic mass is 35.5. The van der Waals surface area contributed by atoms with Gasteiger partial charge in [-0.15, -0.1) is 0 Å². The van der Waals surface area contributed by atoms with Crippen LogP contribution in [0.2, 0.25) is 5.02 Å². The van der Waals surface area contributed by atoms with Gasteiger partial charge in [0.05, 0.1) is 40.1 Å². The molecule has 0 fully saturated rings. The first kappa shape index (κ1) is 26.1. The highest BCUT2D eigenvalue weighted by molar-refractivity contribution is 8.03. The quantitative estimate of drug-likeness (QED) is 0.427. The molecule has 1 heterocycles. The maximum Gasteiger partial charge on any atom is 0.417 e. The van der Waals surface area contributed by atoms with Crippen molar-refractivity contribution in [2.24, 2.45) is 5.92 Å². The monoisotopic (exact) mass is 523 g/mol. The Morgan fingerprint density at radius 1 is 1.23 bits per heavy atom. The van der Waals surface area contributed by atoms with E-state index in [1.807, 2.05) is 6.07 Å². The van der Waals surface area contributed by atoms with Crippen LogP contribution in [0.3, 0.4) is 0 Å². The van der Waals surface area contributed by atoms with Crippen molar-refractivity contribution in [2.75, 3.05) is 18.2 Å². The Balaban J connectivity index is 1.84. The molecule has 2 aromatic carbocycles. The van der Waals surface area contributed by atoms with Crippen LogP contribution in [0, 0.1) is 17.2 Å². The summed E-state index contributed by atoms with van der Waals surface area (Å²) in [6, 6.07) is 13.4. The number of thioether (sulfide) groups is 1. The lowest BCUT2D eigenvalue weighted by molar-refractivity contribution is -0.150. The van der Waals surface area contributed by atoms with Gasteiger partial charge in [0.15, 0.2) is 0 Å². The van der Waals surface area contributed by atoms with Crippen molar-refractivity contribution in [3.63, 3.8) is 0 Å². The number of nitriles is 1. The zero-order valence-corrected chi connectivity index (χ0v) is 19.6. The third-order valence-corrected chi connectivity index (χ3v) is 6.39. The van der Waals surface area contributed by atoms with E-state index in [0.29, 0.717) is 11.6 Å². The predicted molar refractivity (Wildman–Crippen MR) is 123 cm³/mol. The summed E-state index contributed by atoms with van der Waals surface area (Å²) in [6.45, 7) is 0. The molecule has 2 N–H and O–H groups in total. The van der Waals surface area contributed by atoms with E-state index in [9.17, 15) is 32.8 Å². The Morgan fingerprint density at radius 3 is 2.51 bits per heavy atom. The molecule has 3 rings (SSSR count). The molecule has 182 valence electrons. The van der Waals surface area contributed by atoms with Crippen LogP contribution in [0.25, 0.3) is 0 Å². The number of halogens is 4. The SMILES string of the molecule is COC(=O)[C@H]1C(=O)NC(SCC(=O)Nc2ccc(Cl)c(C(F)(F)F)c2)=C(C#N)[C@H]1c1ccccc1. The number of nitrogens with one attached hydrogen (secondary N) is 2. The number of hydrogen-bond acceptors (Lipinski definition) is 6. The first-order chi connectivity index (χ1) is 16.6. The molecule has 0 saturated heterocycles. The van der Waals surface area contributed by atoms with Gasteiger partial charge in [-0.1, -0.05) is 53.7 Å². The van der Waals surface area contributed by atoms with Crippen LogP contribution in [0.5, 0.6) is 0 Å². The Labute approximate surface area is 207 Å². The second-order valence-electron chi connectivity index (χ2n) is 7.26. The highest BCUT2D eigenvalue weighted by Gasteiger charge is 2.44. The number of esters is 1. The molecule has 2 atom stereocenters. The summed E-state index contributed by atoms with van der Waals surface area (Å²) in [5.41, 5.74) is -0.645. The van der Waals surface area contributed by atoms with E-state index >= 15 is 0 Å². The van der Waals surface area contributed by atoms with Gasteiger partial charge in [-0.2, -0.15) is 18.4 Å². The molecule has 12 heteroatoms. The number of methoxy groups -OCH3 is 1. The van der Waals surface area contributed by atoms with Gasteiger partial charge in [0.2, 0.25) is 11.8 Å². The van der Waals surface area contributed by atoms with Gasteiger partial charge in [0, 0.05) is 11.6 Å². The minimum atomic E-state index is -4.70. The number of hydrogen-bond donors (Lipinski definition) is 2. The number of alkyl halides is 3. The number of nitrogens with zero attached hydrogens (tertiary/aromatic N) is 1. The topological polar surface area (TPSA) is 108 Å². The number of benzene rings is 2. The molecule has 0 spiro atoms. The van der Waals surface area contributed by atoms with E-state index in [4.69, 9.17) is 16.3 Å². The number of amides is 2. The molecular weight excluding hydrogens is 507 g/mol. The number of rotatable bonds is 6. The predicted octanol–water partition coefficient (Wildman–Crippen LogP) is 4.47. The zero-order valence-electron chi connectivity index (χ0n) is 18.0. The summed E-state index contributed by atoms with van der Waals surface area (Å²) in [7, 11) is 1.13. The van der Waals surface area contributed by atoms with Crippen LogP contribution in [0.4, 0.5) is 18.9 Å². The normalized spacial score (nSPS) is 17.9. The standard InChI is InChI=1S/C23H17ClF3N3O4S/c1-34-22(33)19-18(12-5-3-2-4-6-12)14(10-28)21(30-20(19)32)35-11-17(31)29-13-7-8-16(24)15(9-13)23(25,26)27/h2-9,18-19H,11H2,1H3,(H,29,31)(H,30,32)/t18-,19-/m1/s1. The second kappa shape index (κ2) is 10.8. The smallest absolute Gasteiger partial charge is 0.417 e. The maximum absolute atomic E-state index is 13.1. The lowest BCUT2D eigenvalue weighted by Crippen LogP contribution is -2.44. The summed E-state index contributed by atoms with van der Waals surface area (Å²) in [6.07, 6.45) is -4.70. The van der Waals surface area contributed by atoms with Crippen molar-refractivity contribution >= 4 is 46.8 Å². The molecule has 0 bridgehead atoms. The average molecular weight is 524 g/mol. The van der Waals surface area contributed by atoms with Crippen LogP contribution < -0.4 is 10.6 Å². The van der Waals surface area contributed by atoms with Gasteiger partial charge in [-0.3, -0.25) is 14.4 Å². The molecule has 0 radical (unpaired) electrons. The first-order valence-corrected chi connectivity index (χ1v) is 11.3. The summed E-state index contributed by atoms with van der Waals surface area (Å²) in [4.78, 5) is 37.5. The van der Waals surface area contributed by atoms with Gasteiger partial charge in [-0.05, 0) is 23.8 Å². The Morgan fingerprint density at radius 2 is 1.91 bits per heavy atom.